The van der Waals surface area contributed by atoms with Gasteiger partial charge in [-0.25, -0.2) is 8.42 Å². The molecule has 0 heterocycles. The predicted molar refractivity (Wildman–Crippen MR) is 109 cm³/mol. The molecule has 0 atom stereocenters. The number of ether oxygens (including phenoxy) is 1. The van der Waals surface area contributed by atoms with Gasteiger partial charge in [-0.05, 0) is 55.0 Å². The third-order valence-corrected chi connectivity index (χ3v) is 5.54. The van der Waals surface area contributed by atoms with E-state index in [0.717, 1.165) is 5.56 Å². The van der Waals surface area contributed by atoms with E-state index in [0.29, 0.717) is 22.7 Å². The second-order valence-electron chi connectivity index (χ2n) is 6.10. The molecule has 7 heteroatoms. The van der Waals surface area contributed by atoms with Crippen molar-refractivity contribution in [2.75, 3.05) is 17.1 Å². The summed E-state index contributed by atoms with van der Waals surface area (Å²) in [5.41, 5.74) is 2.22. The number of methoxy groups -OCH3 is 1. The third kappa shape index (κ3) is 4.32. The first-order chi connectivity index (χ1) is 13.4. The van der Waals surface area contributed by atoms with Crippen molar-refractivity contribution in [1.82, 2.24) is 0 Å². The molecule has 3 aromatic carbocycles. The maximum atomic E-state index is 12.6. The first kappa shape index (κ1) is 19.4. The zero-order valence-corrected chi connectivity index (χ0v) is 16.3. The molecule has 0 spiro atoms. The zero-order valence-electron chi connectivity index (χ0n) is 15.5. The number of carbonyl (C=O) groups is 1. The zero-order chi connectivity index (χ0) is 20.1. The number of nitrogens with one attached hydrogen (secondary N) is 2. The number of benzene rings is 3. The molecule has 1 amide bonds. The van der Waals surface area contributed by atoms with Crippen LogP contribution >= 0.6 is 0 Å². The highest BCUT2D eigenvalue weighted by atomic mass is 32.2. The van der Waals surface area contributed by atoms with Gasteiger partial charge in [-0.1, -0.05) is 30.3 Å². The summed E-state index contributed by atoms with van der Waals surface area (Å²) in [6, 6.07) is 20.0. The van der Waals surface area contributed by atoms with Crippen molar-refractivity contribution in [3.63, 3.8) is 0 Å². The highest BCUT2D eigenvalue weighted by molar-refractivity contribution is 7.92. The van der Waals surface area contributed by atoms with E-state index >= 15 is 0 Å². The van der Waals surface area contributed by atoms with Gasteiger partial charge in [0.25, 0.3) is 15.9 Å². The summed E-state index contributed by atoms with van der Waals surface area (Å²) < 4.78 is 32.9. The van der Waals surface area contributed by atoms with E-state index in [1.165, 1.54) is 19.2 Å². The minimum absolute atomic E-state index is 0.103. The van der Waals surface area contributed by atoms with Crippen LogP contribution in [-0.2, 0) is 10.0 Å². The average Bonchev–Trinajstić information content (AvgIpc) is 2.70. The largest absolute Gasteiger partial charge is 0.496 e. The standard InChI is InChI=1S/C21H20N2O4S/c1-15-7-3-5-9-19(15)23-28(25,26)17-13-11-16(12-14-17)22-21(24)18-8-4-6-10-20(18)27-2/h3-14,23H,1-2H3,(H,22,24). The van der Waals surface area contributed by atoms with Crippen LogP contribution in [0, 0.1) is 6.92 Å². The van der Waals surface area contributed by atoms with Crippen molar-refractivity contribution >= 4 is 27.3 Å². The molecule has 0 unspecified atom stereocenters. The smallest absolute Gasteiger partial charge is 0.261 e. The van der Waals surface area contributed by atoms with Crippen molar-refractivity contribution in [2.24, 2.45) is 0 Å². The van der Waals surface area contributed by atoms with Crippen LogP contribution in [0.5, 0.6) is 5.75 Å². The van der Waals surface area contributed by atoms with Crippen LogP contribution in [0.1, 0.15) is 15.9 Å². The first-order valence-electron chi connectivity index (χ1n) is 8.53. The van der Waals surface area contributed by atoms with Crippen LogP contribution in [0.25, 0.3) is 0 Å². The summed E-state index contributed by atoms with van der Waals surface area (Å²) in [7, 11) is -2.23. The fraction of sp³-hybridized carbons (Fsp3) is 0.0952. The molecule has 3 aromatic rings. The van der Waals surface area contributed by atoms with Crippen LogP contribution in [0.3, 0.4) is 0 Å². The Bertz CT molecular complexity index is 1090. The molecule has 0 saturated carbocycles. The minimum atomic E-state index is -3.73. The Labute approximate surface area is 164 Å². The maximum Gasteiger partial charge on any atom is 0.261 e. The van der Waals surface area contributed by atoms with E-state index in [4.69, 9.17) is 4.74 Å². The SMILES string of the molecule is COc1ccccc1C(=O)Nc1ccc(S(=O)(=O)Nc2ccccc2C)cc1. The topological polar surface area (TPSA) is 84.5 Å². The van der Waals surface area contributed by atoms with E-state index in [1.54, 1.807) is 48.5 Å². The molecule has 0 aliphatic rings. The third-order valence-electron chi connectivity index (χ3n) is 4.16. The predicted octanol–water partition coefficient (Wildman–Crippen LogP) is 4.06. The van der Waals surface area contributed by atoms with Gasteiger partial charge in [-0.2, -0.15) is 0 Å². The highest BCUT2D eigenvalue weighted by Crippen LogP contribution is 2.22. The lowest BCUT2D eigenvalue weighted by Crippen LogP contribution is -2.15. The fourth-order valence-corrected chi connectivity index (χ4v) is 3.77. The number of hydrogen-bond donors (Lipinski definition) is 2. The van der Waals surface area contributed by atoms with Crippen molar-refractivity contribution in [1.29, 1.82) is 0 Å². The van der Waals surface area contributed by atoms with Gasteiger partial charge in [0.15, 0.2) is 0 Å². The Kier molecular flexibility index (Phi) is 5.65. The van der Waals surface area contributed by atoms with E-state index in [9.17, 15) is 13.2 Å². The van der Waals surface area contributed by atoms with Crippen molar-refractivity contribution in [3.8, 4) is 5.75 Å². The average molecular weight is 396 g/mol. The van der Waals surface area contributed by atoms with Crippen molar-refractivity contribution in [2.45, 2.75) is 11.8 Å². The van der Waals surface area contributed by atoms with Crippen LogP contribution < -0.4 is 14.8 Å². The van der Waals surface area contributed by atoms with Crippen molar-refractivity contribution in [3.05, 3.63) is 83.9 Å². The Balaban J connectivity index is 1.76. The molecule has 0 aliphatic carbocycles. The van der Waals surface area contributed by atoms with Crippen LogP contribution in [-0.4, -0.2) is 21.4 Å². The Morgan fingerprint density at radius 1 is 0.893 bits per heavy atom. The molecule has 6 nitrogen and oxygen atoms in total. The first-order valence-corrected chi connectivity index (χ1v) is 10.0. The Morgan fingerprint density at radius 3 is 2.21 bits per heavy atom. The molecule has 2 N–H and O–H groups in total. The molecule has 0 aliphatic heterocycles. The van der Waals surface area contributed by atoms with Gasteiger partial charge < -0.3 is 10.1 Å². The monoisotopic (exact) mass is 396 g/mol. The molecule has 144 valence electrons. The molecule has 0 radical (unpaired) electrons. The Hall–Kier alpha value is -3.32. The summed E-state index contributed by atoms with van der Waals surface area (Å²) in [5, 5.41) is 2.74. The number of para-hydroxylation sites is 2. The summed E-state index contributed by atoms with van der Waals surface area (Å²) in [5.74, 6) is 0.118. The molecule has 0 bridgehead atoms. The van der Waals surface area contributed by atoms with Crippen LogP contribution in [0.4, 0.5) is 11.4 Å². The van der Waals surface area contributed by atoms with Gasteiger partial charge in [-0.15, -0.1) is 0 Å². The van der Waals surface area contributed by atoms with Crippen molar-refractivity contribution < 1.29 is 17.9 Å². The Morgan fingerprint density at radius 2 is 1.54 bits per heavy atom. The normalized spacial score (nSPS) is 10.9. The summed E-state index contributed by atoms with van der Waals surface area (Å²) in [4.78, 5) is 12.5. The lowest BCUT2D eigenvalue weighted by Gasteiger charge is -2.12. The number of aryl methyl sites for hydroxylation is 1. The molecule has 0 aromatic heterocycles. The van der Waals surface area contributed by atoms with Crippen LogP contribution in [0.15, 0.2) is 77.7 Å². The highest BCUT2D eigenvalue weighted by Gasteiger charge is 2.16. The lowest BCUT2D eigenvalue weighted by atomic mass is 10.2. The van der Waals surface area contributed by atoms with Gasteiger partial charge in [0, 0.05) is 5.69 Å². The van der Waals surface area contributed by atoms with E-state index in [2.05, 4.69) is 10.0 Å². The van der Waals surface area contributed by atoms with Crippen LogP contribution in [0.2, 0.25) is 0 Å². The summed E-state index contributed by atoms with van der Waals surface area (Å²) >= 11 is 0. The van der Waals surface area contributed by atoms with Gasteiger partial charge >= 0.3 is 0 Å². The number of rotatable bonds is 6. The number of hydrogen-bond acceptors (Lipinski definition) is 4. The molecular formula is C21H20N2O4S. The summed E-state index contributed by atoms with van der Waals surface area (Å²) in [6.07, 6.45) is 0. The lowest BCUT2D eigenvalue weighted by molar-refractivity contribution is 0.102. The van der Waals surface area contributed by atoms with E-state index in [1.807, 2.05) is 19.1 Å². The number of anilines is 2. The number of amides is 1. The molecule has 0 fully saturated rings. The quantitative estimate of drug-likeness (QED) is 0.658. The molecule has 0 saturated heterocycles. The molecule has 3 rings (SSSR count). The number of sulfonamides is 1. The van der Waals surface area contributed by atoms with Gasteiger partial charge in [0.2, 0.25) is 0 Å². The fourth-order valence-electron chi connectivity index (χ4n) is 2.64. The van der Waals surface area contributed by atoms with Gasteiger partial charge in [-0.3, -0.25) is 9.52 Å². The van der Waals surface area contributed by atoms with E-state index < -0.39 is 10.0 Å². The molecular weight excluding hydrogens is 376 g/mol. The second kappa shape index (κ2) is 8.14. The number of carbonyl (C=O) groups excluding carboxylic acids is 1. The minimum Gasteiger partial charge on any atom is -0.496 e. The van der Waals surface area contributed by atoms with E-state index in [-0.39, 0.29) is 10.8 Å². The van der Waals surface area contributed by atoms with Gasteiger partial charge in [0.1, 0.15) is 5.75 Å². The summed E-state index contributed by atoms with van der Waals surface area (Å²) in [6.45, 7) is 1.83. The maximum absolute atomic E-state index is 12.6. The second-order valence-corrected chi connectivity index (χ2v) is 7.78. The van der Waals surface area contributed by atoms with Gasteiger partial charge in [0.05, 0.1) is 23.3 Å². The molecule has 28 heavy (non-hydrogen) atoms.